The Kier molecular flexibility index (Phi) is 7.49. The molecule has 0 spiro atoms. The van der Waals surface area contributed by atoms with Crippen molar-refractivity contribution in [1.82, 2.24) is 5.32 Å². The van der Waals surface area contributed by atoms with Gasteiger partial charge in [-0.3, -0.25) is 9.59 Å². The van der Waals surface area contributed by atoms with Gasteiger partial charge in [0, 0.05) is 13.0 Å². The van der Waals surface area contributed by atoms with Crippen LogP contribution in [0.1, 0.15) is 26.7 Å². The summed E-state index contributed by atoms with van der Waals surface area (Å²) >= 11 is 0. The molecule has 0 unspecified atom stereocenters. The first-order valence-corrected chi connectivity index (χ1v) is 5.92. The number of carboxylic acid groups (broad SMARTS) is 2. The fourth-order valence-electron chi connectivity index (χ4n) is 1.40. The molecule has 1 heterocycles. The molecule has 0 aromatic rings. The summed E-state index contributed by atoms with van der Waals surface area (Å²) in [5, 5.41) is 28.2. The smallest absolute Gasteiger partial charge is 0.320 e. The van der Waals surface area contributed by atoms with Gasteiger partial charge in [0.25, 0.3) is 0 Å². The van der Waals surface area contributed by atoms with E-state index in [4.69, 9.17) is 21.1 Å². The number of nitrogens with two attached hydrogens (primary N) is 1. The predicted octanol–water partition coefficient (Wildman–Crippen LogP) is -0.762. The Hall–Kier alpha value is -1.18. The molecule has 4 atom stereocenters. The summed E-state index contributed by atoms with van der Waals surface area (Å²) in [7, 11) is 0. The number of hydrogen-bond donors (Lipinski definition) is 5. The van der Waals surface area contributed by atoms with Crippen molar-refractivity contribution in [2.75, 3.05) is 6.54 Å². The SMILES string of the molecule is CC[C@H](C)[C@H](N)C(=O)O.O=C(O)[C@@H]1C[C@@H](O)CN1. The van der Waals surface area contributed by atoms with Crippen LogP contribution >= 0.6 is 0 Å². The Balaban J connectivity index is 0.000000321. The lowest BCUT2D eigenvalue weighted by atomic mass is 10.0. The number of β-amino-alcohol motifs (C(OH)–C–C–N with tert-alkyl or cyclic N) is 1. The van der Waals surface area contributed by atoms with Crippen molar-refractivity contribution in [1.29, 1.82) is 0 Å². The van der Waals surface area contributed by atoms with Crippen LogP contribution in [-0.4, -0.2) is 52.0 Å². The first-order chi connectivity index (χ1) is 8.29. The number of rotatable bonds is 4. The van der Waals surface area contributed by atoms with Crippen LogP contribution in [0.15, 0.2) is 0 Å². The standard InChI is InChI=1S/C6H13NO2.C5H9NO3/c1-3-4(2)5(7)6(8)9;7-3-1-4(5(8)9)6-2-3/h4-5H,3,7H2,1-2H3,(H,8,9);3-4,6-7H,1-2H2,(H,8,9)/t4-,5-;3-,4+/m01/s1. The molecule has 7 nitrogen and oxygen atoms in total. The Morgan fingerprint density at radius 1 is 1.44 bits per heavy atom. The van der Waals surface area contributed by atoms with E-state index in [1.54, 1.807) is 0 Å². The molecule has 0 amide bonds. The van der Waals surface area contributed by atoms with Crippen LogP contribution in [0.5, 0.6) is 0 Å². The van der Waals surface area contributed by atoms with Gasteiger partial charge in [-0.25, -0.2) is 0 Å². The third-order valence-corrected chi connectivity index (χ3v) is 2.95. The second-order valence-corrected chi connectivity index (χ2v) is 4.44. The second kappa shape index (κ2) is 8.02. The lowest BCUT2D eigenvalue weighted by Gasteiger charge is -2.11. The number of aliphatic hydroxyl groups is 1. The molecule has 1 fully saturated rings. The van der Waals surface area contributed by atoms with Gasteiger partial charge in [-0.2, -0.15) is 0 Å². The van der Waals surface area contributed by atoms with Crippen LogP contribution < -0.4 is 11.1 Å². The van der Waals surface area contributed by atoms with Crippen molar-refractivity contribution >= 4 is 11.9 Å². The lowest BCUT2D eigenvalue weighted by Crippen LogP contribution is -2.36. The van der Waals surface area contributed by atoms with Crippen LogP contribution in [0.4, 0.5) is 0 Å². The Labute approximate surface area is 106 Å². The molecule has 7 heteroatoms. The van der Waals surface area contributed by atoms with E-state index in [-0.39, 0.29) is 5.92 Å². The normalized spacial score (nSPS) is 25.8. The van der Waals surface area contributed by atoms with E-state index in [0.29, 0.717) is 13.0 Å². The van der Waals surface area contributed by atoms with Crippen molar-refractivity contribution in [3.8, 4) is 0 Å². The minimum absolute atomic E-state index is 0.0718. The van der Waals surface area contributed by atoms with Crippen molar-refractivity contribution in [3.05, 3.63) is 0 Å². The van der Waals surface area contributed by atoms with Crippen molar-refractivity contribution < 1.29 is 24.9 Å². The quantitative estimate of drug-likeness (QED) is 0.449. The third-order valence-electron chi connectivity index (χ3n) is 2.95. The molecule has 1 aliphatic rings. The Morgan fingerprint density at radius 3 is 2.17 bits per heavy atom. The van der Waals surface area contributed by atoms with E-state index >= 15 is 0 Å². The summed E-state index contributed by atoms with van der Waals surface area (Å²) in [5.41, 5.74) is 5.27. The minimum atomic E-state index is -0.913. The van der Waals surface area contributed by atoms with E-state index in [1.807, 2.05) is 13.8 Å². The molecule has 106 valence electrons. The highest BCUT2D eigenvalue weighted by Gasteiger charge is 2.27. The predicted molar refractivity (Wildman–Crippen MR) is 65.1 cm³/mol. The van der Waals surface area contributed by atoms with Gasteiger partial charge in [0.2, 0.25) is 0 Å². The van der Waals surface area contributed by atoms with E-state index < -0.39 is 30.1 Å². The maximum Gasteiger partial charge on any atom is 0.320 e. The summed E-state index contributed by atoms with van der Waals surface area (Å²) < 4.78 is 0. The summed E-state index contributed by atoms with van der Waals surface area (Å²) in [6.45, 7) is 4.16. The Morgan fingerprint density at radius 2 is 2.00 bits per heavy atom. The van der Waals surface area contributed by atoms with Gasteiger partial charge in [-0.15, -0.1) is 0 Å². The second-order valence-electron chi connectivity index (χ2n) is 4.44. The van der Waals surface area contributed by atoms with Gasteiger partial charge in [0.1, 0.15) is 12.1 Å². The number of carboxylic acids is 2. The number of aliphatic carboxylic acids is 2. The highest BCUT2D eigenvalue weighted by atomic mass is 16.4. The monoisotopic (exact) mass is 262 g/mol. The average Bonchev–Trinajstić information content (AvgIpc) is 2.74. The highest BCUT2D eigenvalue weighted by Crippen LogP contribution is 2.05. The van der Waals surface area contributed by atoms with E-state index in [2.05, 4.69) is 5.32 Å². The van der Waals surface area contributed by atoms with Gasteiger partial charge < -0.3 is 26.4 Å². The van der Waals surface area contributed by atoms with Crippen LogP contribution in [0.3, 0.4) is 0 Å². The Bertz CT molecular complexity index is 273. The molecule has 6 N–H and O–H groups in total. The molecule has 0 aromatic heterocycles. The first kappa shape index (κ1) is 16.8. The molecule has 0 bridgehead atoms. The lowest BCUT2D eigenvalue weighted by molar-refractivity contribution is -0.140. The van der Waals surface area contributed by atoms with Gasteiger partial charge in [-0.05, 0) is 5.92 Å². The fourth-order valence-corrected chi connectivity index (χ4v) is 1.40. The molecule has 18 heavy (non-hydrogen) atoms. The zero-order valence-electron chi connectivity index (χ0n) is 10.7. The fraction of sp³-hybridized carbons (Fsp3) is 0.818. The first-order valence-electron chi connectivity index (χ1n) is 5.92. The summed E-state index contributed by atoms with van der Waals surface area (Å²) in [6, 6.07) is -1.24. The van der Waals surface area contributed by atoms with E-state index in [0.717, 1.165) is 6.42 Å². The zero-order chi connectivity index (χ0) is 14.3. The molecule has 1 rings (SSSR count). The molecule has 0 aliphatic carbocycles. The molecule has 1 saturated heterocycles. The van der Waals surface area contributed by atoms with Gasteiger partial charge in [0.05, 0.1) is 6.10 Å². The number of nitrogens with one attached hydrogen (secondary N) is 1. The third kappa shape index (κ3) is 5.95. The van der Waals surface area contributed by atoms with Crippen LogP contribution in [0, 0.1) is 5.92 Å². The average molecular weight is 262 g/mol. The van der Waals surface area contributed by atoms with Crippen LogP contribution in [-0.2, 0) is 9.59 Å². The zero-order valence-corrected chi connectivity index (χ0v) is 10.7. The van der Waals surface area contributed by atoms with E-state index in [1.165, 1.54) is 0 Å². The summed E-state index contributed by atoms with van der Waals surface area (Å²) in [6.07, 6.45) is 0.661. The molecular formula is C11H22N2O5. The highest BCUT2D eigenvalue weighted by molar-refractivity contribution is 5.74. The topological polar surface area (TPSA) is 133 Å². The number of hydrogen-bond acceptors (Lipinski definition) is 5. The molecule has 0 saturated carbocycles. The molecule has 1 aliphatic heterocycles. The maximum absolute atomic E-state index is 10.2. The molecule has 0 aromatic carbocycles. The van der Waals surface area contributed by atoms with Crippen molar-refractivity contribution in [2.24, 2.45) is 11.7 Å². The van der Waals surface area contributed by atoms with Crippen LogP contribution in [0.25, 0.3) is 0 Å². The molecule has 0 radical (unpaired) electrons. The minimum Gasteiger partial charge on any atom is -0.480 e. The molecular weight excluding hydrogens is 240 g/mol. The summed E-state index contributed by atoms with van der Waals surface area (Å²) in [5.74, 6) is -1.72. The van der Waals surface area contributed by atoms with Crippen molar-refractivity contribution in [2.45, 2.75) is 44.9 Å². The van der Waals surface area contributed by atoms with Crippen molar-refractivity contribution in [3.63, 3.8) is 0 Å². The largest absolute Gasteiger partial charge is 0.480 e. The van der Waals surface area contributed by atoms with E-state index in [9.17, 15) is 9.59 Å². The number of aliphatic hydroxyl groups excluding tert-OH is 1. The van der Waals surface area contributed by atoms with Crippen LogP contribution in [0.2, 0.25) is 0 Å². The number of carbonyl (C=O) groups is 2. The van der Waals surface area contributed by atoms with Gasteiger partial charge in [0.15, 0.2) is 0 Å². The maximum atomic E-state index is 10.2. The van der Waals surface area contributed by atoms with Gasteiger partial charge in [-0.1, -0.05) is 20.3 Å². The summed E-state index contributed by atoms with van der Waals surface area (Å²) in [4.78, 5) is 20.3. The van der Waals surface area contributed by atoms with Gasteiger partial charge >= 0.3 is 11.9 Å².